The predicted octanol–water partition coefficient (Wildman–Crippen LogP) is 3.14. The highest BCUT2D eigenvalue weighted by Crippen LogP contribution is 2.39. The molecule has 1 aromatic carbocycles. The van der Waals surface area contributed by atoms with E-state index in [1.54, 1.807) is 12.1 Å². The van der Waals surface area contributed by atoms with E-state index < -0.39 is 5.92 Å². The molecule has 0 heterocycles. The fraction of sp³-hybridized carbons (Fsp3) is 0.500. The molecule has 1 aliphatic rings. The zero-order valence-corrected chi connectivity index (χ0v) is 8.76. The molecule has 82 valence electrons. The van der Waals surface area contributed by atoms with Gasteiger partial charge in [-0.05, 0) is 24.8 Å². The topological polar surface area (TPSA) is 26.0 Å². The van der Waals surface area contributed by atoms with Crippen molar-refractivity contribution in [1.82, 2.24) is 0 Å². The lowest BCUT2D eigenvalue weighted by molar-refractivity contribution is 0.0174. The normalized spacial score (nSPS) is 19.7. The maximum atomic E-state index is 12.9. The maximum absolute atomic E-state index is 12.9. The summed E-state index contributed by atoms with van der Waals surface area (Å²) >= 11 is 0. The largest absolute Gasteiger partial charge is 0.321 e. The third kappa shape index (κ3) is 1.88. The standard InChI is InChI=1S/C12H15F2N/c1-11(13,14)9-3-5-10(6-4-9)12(15)7-2-8-12/h3-6H,2,7-8,15H2,1H3. The van der Waals surface area contributed by atoms with Gasteiger partial charge in [0.1, 0.15) is 0 Å². The van der Waals surface area contributed by atoms with E-state index in [4.69, 9.17) is 5.73 Å². The predicted molar refractivity (Wildman–Crippen MR) is 55.7 cm³/mol. The van der Waals surface area contributed by atoms with Crippen LogP contribution < -0.4 is 5.73 Å². The quantitative estimate of drug-likeness (QED) is 0.799. The van der Waals surface area contributed by atoms with Gasteiger partial charge < -0.3 is 5.73 Å². The Morgan fingerprint density at radius 1 is 1.20 bits per heavy atom. The fourth-order valence-corrected chi connectivity index (χ4v) is 1.94. The minimum atomic E-state index is -2.76. The molecule has 1 saturated carbocycles. The second-order valence-electron chi connectivity index (χ2n) is 4.48. The van der Waals surface area contributed by atoms with Crippen LogP contribution in [0.3, 0.4) is 0 Å². The van der Waals surface area contributed by atoms with Gasteiger partial charge in [-0.3, -0.25) is 0 Å². The Balaban J connectivity index is 2.24. The van der Waals surface area contributed by atoms with Crippen LogP contribution in [0.15, 0.2) is 24.3 Å². The van der Waals surface area contributed by atoms with E-state index >= 15 is 0 Å². The van der Waals surface area contributed by atoms with Gasteiger partial charge in [0.2, 0.25) is 0 Å². The molecule has 1 fully saturated rings. The van der Waals surface area contributed by atoms with Crippen LogP contribution in [-0.4, -0.2) is 0 Å². The zero-order chi connectivity index (χ0) is 11.1. The first kappa shape index (κ1) is 10.6. The van der Waals surface area contributed by atoms with Crippen molar-refractivity contribution in [2.24, 2.45) is 5.73 Å². The Kier molecular flexibility index (Phi) is 2.30. The summed E-state index contributed by atoms with van der Waals surface area (Å²) in [6, 6.07) is 6.41. The Morgan fingerprint density at radius 2 is 1.73 bits per heavy atom. The van der Waals surface area contributed by atoms with Crippen LogP contribution in [-0.2, 0) is 11.5 Å². The van der Waals surface area contributed by atoms with Crippen LogP contribution in [0.2, 0.25) is 0 Å². The van der Waals surface area contributed by atoms with Crippen molar-refractivity contribution in [3.63, 3.8) is 0 Å². The monoisotopic (exact) mass is 211 g/mol. The van der Waals surface area contributed by atoms with Gasteiger partial charge in [0, 0.05) is 18.0 Å². The molecule has 3 heteroatoms. The molecule has 1 aromatic rings. The van der Waals surface area contributed by atoms with Crippen molar-refractivity contribution in [2.75, 3.05) is 0 Å². The van der Waals surface area contributed by atoms with Crippen molar-refractivity contribution < 1.29 is 8.78 Å². The van der Waals surface area contributed by atoms with E-state index in [1.165, 1.54) is 12.1 Å². The second kappa shape index (κ2) is 3.27. The Bertz CT molecular complexity index is 347. The summed E-state index contributed by atoms with van der Waals surface area (Å²) in [6.45, 7) is 0.906. The summed E-state index contributed by atoms with van der Waals surface area (Å²) < 4.78 is 25.9. The molecule has 2 N–H and O–H groups in total. The van der Waals surface area contributed by atoms with Crippen molar-refractivity contribution in [3.8, 4) is 0 Å². The molecule has 0 amide bonds. The third-order valence-corrected chi connectivity index (χ3v) is 3.21. The fourth-order valence-electron chi connectivity index (χ4n) is 1.94. The molecule has 1 nitrogen and oxygen atoms in total. The van der Waals surface area contributed by atoms with E-state index in [-0.39, 0.29) is 11.1 Å². The smallest absolute Gasteiger partial charge is 0.270 e. The van der Waals surface area contributed by atoms with Gasteiger partial charge in [0.15, 0.2) is 0 Å². The summed E-state index contributed by atoms with van der Waals surface area (Å²) in [5.74, 6) is -2.76. The van der Waals surface area contributed by atoms with E-state index in [0.717, 1.165) is 31.7 Å². The van der Waals surface area contributed by atoms with E-state index in [0.29, 0.717) is 0 Å². The van der Waals surface area contributed by atoms with Crippen LogP contribution in [0.4, 0.5) is 8.78 Å². The molecule has 0 bridgehead atoms. The van der Waals surface area contributed by atoms with Crippen LogP contribution in [0.1, 0.15) is 37.3 Å². The molecular weight excluding hydrogens is 196 g/mol. The molecule has 0 radical (unpaired) electrons. The van der Waals surface area contributed by atoms with Crippen molar-refractivity contribution in [2.45, 2.75) is 37.6 Å². The summed E-state index contributed by atoms with van der Waals surface area (Å²) in [5, 5.41) is 0. The summed E-state index contributed by atoms with van der Waals surface area (Å²) in [7, 11) is 0. The highest BCUT2D eigenvalue weighted by atomic mass is 19.3. The molecule has 0 unspecified atom stereocenters. The Hall–Kier alpha value is -0.960. The van der Waals surface area contributed by atoms with Gasteiger partial charge in [-0.2, -0.15) is 0 Å². The summed E-state index contributed by atoms with van der Waals surface area (Å²) in [4.78, 5) is 0. The lowest BCUT2D eigenvalue weighted by atomic mass is 9.72. The maximum Gasteiger partial charge on any atom is 0.270 e. The van der Waals surface area contributed by atoms with Gasteiger partial charge in [-0.15, -0.1) is 0 Å². The van der Waals surface area contributed by atoms with Crippen LogP contribution >= 0.6 is 0 Å². The highest BCUT2D eigenvalue weighted by Gasteiger charge is 2.34. The number of rotatable bonds is 2. The molecule has 0 saturated heterocycles. The molecule has 0 spiro atoms. The van der Waals surface area contributed by atoms with Crippen LogP contribution in [0.25, 0.3) is 0 Å². The van der Waals surface area contributed by atoms with Crippen molar-refractivity contribution in [3.05, 3.63) is 35.4 Å². The van der Waals surface area contributed by atoms with Gasteiger partial charge >= 0.3 is 0 Å². The van der Waals surface area contributed by atoms with Crippen LogP contribution in [0, 0.1) is 0 Å². The molecule has 2 rings (SSSR count). The first-order valence-corrected chi connectivity index (χ1v) is 5.20. The second-order valence-corrected chi connectivity index (χ2v) is 4.48. The van der Waals surface area contributed by atoms with E-state index in [1.807, 2.05) is 0 Å². The van der Waals surface area contributed by atoms with Gasteiger partial charge in [0.25, 0.3) is 5.92 Å². The number of benzene rings is 1. The molecule has 0 aliphatic heterocycles. The van der Waals surface area contributed by atoms with E-state index in [2.05, 4.69) is 0 Å². The Labute approximate surface area is 88.3 Å². The molecule has 15 heavy (non-hydrogen) atoms. The van der Waals surface area contributed by atoms with Gasteiger partial charge in [-0.25, -0.2) is 8.78 Å². The number of halogens is 2. The minimum absolute atomic E-state index is 0.0502. The number of alkyl halides is 2. The zero-order valence-electron chi connectivity index (χ0n) is 8.76. The van der Waals surface area contributed by atoms with Crippen molar-refractivity contribution >= 4 is 0 Å². The first-order valence-electron chi connectivity index (χ1n) is 5.20. The van der Waals surface area contributed by atoms with E-state index in [9.17, 15) is 8.78 Å². The number of nitrogens with two attached hydrogens (primary N) is 1. The average Bonchev–Trinajstić information content (AvgIpc) is 2.13. The Morgan fingerprint density at radius 3 is 2.07 bits per heavy atom. The molecule has 1 aliphatic carbocycles. The number of hydrogen-bond donors (Lipinski definition) is 1. The summed E-state index contributed by atoms with van der Waals surface area (Å²) in [6.07, 6.45) is 3.03. The van der Waals surface area contributed by atoms with Crippen LogP contribution in [0.5, 0.6) is 0 Å². The molecular formula is C12H15F2N. The van der Waals surface area contributed by atoms with Crippen molar-refractivity contribution in [1.29, 1.82) is 0 Å². The number of hydrogen-bond acceptors (Lipinski definition) is 1. The SMILES string of the molecule is CC(F)(F)c1ccc(C2(N)CCC2)cc1. The lowest BCUT2D eigenvalue weighted by Crippen LogP contribution is -2.43. The first-order chi connectivity index (χ1) is 6.92. The summed E-state index contributed by atoms with van der Waals surface area (Å²) in [5.41, 5.74) is 6.86. The highest BCUT2D eigenvalue weighted by molar-refractivity contribution is 5.31. The lowest BCUT2D eigenvalue weighted by Gasteiger charge is -2.38. The third-order valence-electron chi connectivity index (χ3n) is 3.21. The van der Waals surface area contributed by atoms with Gasteiger partial charge in [-0.1, -0.05) is 24.3 Å². The molecule has 0 aromatic heterocycles. The van der Waals surface area contributed by atoms with Gasteiger partial charge in [0.05, 0.1) is 0 Å². The molecule has 0 atom stereocenters. The minimum Gasteiger partial charge on any atom is -0.321 e. The average molecular weight is 211 g/mol.